The van der Waals surface area contributed by atoms with Crippen molar-refractivity contribution in [3.8, 4) is 0 Å². The van der Waals surface area contributed by atoms with E-state index in [0.29, 0.717) is 17.4 Å². The summed E-state index contributed by atoms with van der Waals surface area (Å²) in [4.78, 5) is 36.7. The van der Waals surface area contributed by atoms with Crippen LogP contribution in [0.1, 0.15) is 168 Å². The third kappa shape index (κ3) is 46.0. The van der Waals surface area contributed by atoms with Crippen molar-refractivity contribution in [3.63, 3.8) is 0 Å². The number of nitrogens with zero attached hydrogens (tertiary/aromatic N) is 1. The third-order valence-electron chi connectivity index (χ3n) is 9.85. The Morgan fingerprint density at radius 1 is 0.492 bits per heavy atom. The fourth-order valence-corrected chi connectivity index (χ4v) is 6.08. The van der Waals surface area contributed by atoms with Crippen LogP contribution in [0.3, 0.4) is 0 Å². The largest absolute Gasteiger partial charge is 0.545 e. The summed E-state index contributed by atoms with van der Waals surface area (Å²) in [5.74, 6) is -2.32. The molecule has 0 aromatic rings. The quantitative estimate of drug-likeness (QED) is 0.0196. The van der Waals surface area contributed by atoms with Gasteiger partial charge in [0, 0.05) is 12.8 Å². The van der Waals surface area contributed by atoms with E-state index in [2.05, 4.69) is 111 Å². The first-order valence-electron chi connectivity index (χ1n) is 24.4. The summed E-state index contributed by atoms with van der Waals surface area (Å²) < 4.78 is 22.4. The Bertz CT molecular complexity index is 1350. The third-order valence-corrected chi connectivity index (χ3v) is 9.85. The molecule has 0 fully saturated rings. The van der Waals surface area contributed by atoms with Gasteiger partial charge in [-0.15, -0.1) is 0 Å². The van der Waals surface area contributed by atoms with E-state index in [4.69, 9.17) is 18.9 Å². The molecule has 2 unspecified atom stereocenters. The Hall–Kier alpha value is -3.79. The van der Waals surface area contributed by atoms with Crippen molar-refractivity contribution in [2.75, 3.05) is 47.5 Å². The first-order valence-corrected chi connectivity index (χ1v) is 24.4. The van der Waals surface area contributed by atoms with Gasteiger partial charge in [0.15, 0.2) is 12.4 Å². The van der Waals surface area contributed by atoms with Gasteiger partial charge in [0.25, 0.3) is 0 Å². The van der Waals surface area contributed by atoms with E-state index >= 15 is 0 Å². The molecule has 0 bridgehead atoms. The van der Waals surface area contributed by atoms with Gasteiger partial charge in [0.1, 0.15) is 13.2 Å². The number of likely N-dealkylation sites (N-methyl/N-ethyl adjacent to an activating group) is 1. The van der Waals surface area contributed by atoms with Crippen molar-refractivity contribution in [1.82, 2.24) is 0 Å². The lowest BCUT2D eigenvalue weighted by molar-refractivity contribution is -0.870. The Labute approximate surface area is 384 Å². The van der Waals surface area contributed by atoms with Gasteiger partial charge in [0.05, 0.1) is 40.3 Å². The molecule has 0 heterocycles. The van der Waals surface area contributed by atoms with E-state index < -0.39 is 24.3 Å². The highest BCUT2D eigenvalue weighted by molar-refractivity contribution is 5.70. The van der Waals surface area contributed by atoms with Crippen LogP contribution in [0.25, 0.3) is 0 Å². The molecule has 2 atom stereocenters. The van der Waals surface area contributed by atoms with Gasteiger partial charge in [-0.25, -0.2) is 0 Å². The number of ether oxygens (including phenoxy) is 4. The van der Waals surface area contributed by atoms with Crippen LogP contribution in [0.4, 0.5) is 0 Å². The second-order valence-electron chi connectivity index (χ2n) is 17.0. The standard InChI is InChI=1S/C54H89NO8/c1-6-8-10-12-13-14-15-16-17-18-19-20-21-22-23-24-25-26-27-28-29-30-31-32-33-34-35-36-37-38-39-41-43-45-52(57)63-50(48-61-51(56)44-42-40-11-9-7-2)49-62-54(53(58)59)60-47-46-55(3,4)5/h8,10,13-14,16-17,19-20,22-23,25-26,28-29,31-32,50,54H,6-7,9,11-12,15,18,21,24,27,30,33-49H2,1-5H3/b10-8-,14-13-,17-16-,20-19-,23-22-,26-25-,29-28-,32-31-. The molecule has 0 aliphatic rings. The molecule has 0 amide bonds. The molecule has 0 aliphatic carbocycles. The lowest BCUT2D eigenvalue weighted by Gasteiger charge is -2.26. The second-order valence-corrected chi connectivity index (χ2v) is 17.0. The summed E-state index contributed by atoms with van der Waals surface area (Å²) >= 11 is 0. The van der Waals surface area contributed by atoms with Crippen LogP contribution >= 0.6 is 0 Å². The van der Waals surface area contributed by atoms with Crippen molar-refractivity contribution >= 4 is 17.9 Å². The first kappa shape index (κ1) is 59.2. The maximum Gasteiger partial charge on any atom is 0.306 e. The molecule has 0 radical (unpaired) electrons. The highest BCUT2D eigenvalue weighted by Gasteiger charge is 2.21. The van der Waals surface area contributed by atoms with Crippen molar-refractivity contribution < 1.29 is 42.9 Å². The summed E-state index contributed by atoms with van der Waals surface area (Å²) in [6.45, 7) is 4.49. The number of allylic oxidation sites excluding steroid dienone is 16. The average Bonchev–Trinajstić information content (AvgIpc) is 3.24. The highest BCUT2D eigenvalue weighted by atomic mass is 16.7. The van der Waals surface area contributed by atoms with Crippen molar-refractivity contribution in [1.29, 1.82) is 0 Å². The molecule has 9 heteroatoms. The van der Waals surface area contributed by atoms with Gasteiger partial charge in [-0.2, -0.15) is 0 Å². The molecule has 0 rings (SSSR count). The molecule has 0 aliphatic heterocycles. The maximum absolute atomic E-state index is 12.7. The van der Waals surface area contributed by atoms with E-state index in [1.807, 2.05) is 21.1 Å². The van der Waals surface area contributed by atoms with Gasteiger partial charge in [-0.1, -0.05) is 175 Å². The Morgan fingerprint density at radius 2 is 0.905 bits per heavy atom. The SMILES string of the molecule is CC/C=C\C/C=C\C/C=C\C/C=C\C/C=C\C/C=C\C/C=C\C/C=C\CCCCCCCCCCC(=O)OC(COC(=O)CCCCCCC)COC(OCC[N+](C)(C)C)C(=O)[O-]. The van der Waals surface area contributed by atoms with Gasteiger partial charge >= 0.3 is 11.9 Å². The van der Waals surface area contributed by atoms with E-state index in [-0.39, 0.29) is 38.6 Å². The van der Waals surface area contributed by atoms with E-state index in [0.717, 1.165) is 109 Å². The van der Waals surface area contributed by atoms with Crippen LogP contribution in [0.5, 0.6) is 0 Å². The number of quaternary nitrogens is 1. The van der Waals surface area contributed by atoms with Gasteiger partial charge in [0.2, 0.25) is 0 Å². The zero-order valence-corrected chi connectivity index (χ0v) is 40.4. The van der Waals surface area contributed by atoms with Crippen LogP contribution in [0.15, 0.2) is 97.2 Å². The Kier molecular flexibility index (Phi) is 42.1. The lowest BCUT2D eigenvalue weighted by Crippen LogP contribution is -2.44. The first-order chi connectivity index (χ1) is 30.6. The zero-order valence-electron chi connectivity index (χ0n) is 40.4. The fourth-order valence-electron chi connectivity index (χ4n) is 6.08. The van der Waals surface area contributed by atoms with Gasteiger partial charge in [-0.3, -0.25) is 9.59 Å². The lowest BCUT2D eigenvalue weighted by atomic mass is 10.1. The minimum atomic E-state index is -1.62. The number of rotatable bonds is 43. The smallest absolute Gasteiger partial charge is 0.306 e. The minimum absolute atomic E-state index is 0.142. The summed E-state index contributed by atoms with van der Waals surface area (Å²) in [7, 11) is 5.88. The van der Waals surface area contributed by atoms with Crippen LogP contribution in [-0.2, 0) is 33.3 Å². The number of hydrogen-bond donors (Lipinski definition) is 0. The van der Waals surface area contributed by atoms with Crippen molar-refractivity contribution in [2.45, 2.75) is 180 Å². The highest BCUT2D eigenvalue weighted by Crippen LogP contribution is 2.13. The molecule has 0 N–H and O–H groups in total. The number of esters is 2. The summed E-state index contributed by atoms with van der Waals surface area (Å²) in [5.41, 5.74) is 0. The van der Waals surface area contributed by atoms with E-state index in [9.17, 15) is 19.5 Å². The molecule has 0 saturated carbocycles. The molecule has 0 spiro atoms. The number of carboxylic acid groups (broad SMARTS) is 1. The monoisotopic (exact) mass is 880 g/mol. The molecule has 0 aromatic heterocycles. The number of unbranched alkanes of at least 4 members (excludes halogenated alkanes) is 12. The molecular formula is C54H89NO8. The number of carboxylic acids is 1. The number of carbonyl (C=O) groups is 3. The number of aliphatic carboxylic acids is 1. The summed E-state index contributed by atoms with van der Waals surface area (Å²) in [6, 6.07) is 0. The molecule has 0 aromatic carbocycles. The topological polar surface area (TPSA) is 111 Å². The Balaban J connectivity index is 4.11. The van der Waals surface area contributed by atoms with Crippen LogP contribution in [0, 0.1) is 0 Å². The van der Waals surface area contributed by atoms with Gasteiger partial charge < -0.3 is 33.3 Å². The maximum atomic E-state index is 12.7. The minimum Gasteiger partial charge on any atom is -0.545 e. The summed E-state index contributed by atoms with van der Waals surface area (Å²) in [5, 5.41) is 11.6. The zero-order chi connectivity index (χ0) is 46.3. The molecule has 9 nitrogen and oxygen atoms in total. The number of hydrogen-bond acceptors (Lipinski definition) is 8. The molecule has 0 saturated heterocycles. The van der Waals surface area contributed by atoms with Crippen LogP contribution < -0.4 is 5.11 Å². The predicted molar refractivity (Wildman–Crippen MR) is 260 cm³/mol. The molecular weight excluding hydrogens is 791 g/mol. The normalized spacial score (nSPS) is 13.7. The van der Waals surface area contributed by atoms with Crippen molar-refractivity contribution in [3.05, 3.63) is 97.2 Å². The molecule has 358 valence electrons. The van der Waals surface area contributed by atoms with Crippen LogP contribution in [0.2, 0.25) is 0 Å². The number of carbonyl (C=O) groups excluding carboxylic acids is 3. The predicted octanol–water partition coefficient (Wildman–Crippen LogP) is 12.1. The van der Waals surface area contributed by atoms with E-state index in [1.165, 1.54) is 25.7 Å². The second kappa shape index (κ2) is 44.8. The molecule has 63 heavy (non-hydrogen) atoms. The Morgan fingerprint density at radius 3 is 1.35 bits per heavy atom. The summed E-state index contributed by atoms with van der Waals surface area (Å²) in [6.07, 6.45) is 56.4. The van der Waals surface area contributed by atoms with E-state index in [1.54, 1.807) is 0 Å². The fraction of sp³-hybridized carbons (Fsp3) is 0.648. The van der Waals surface area contributed by atoms with Crippen molar-refractivity contribution in [2.24, 2.45) is 0 Å². The average molecular weight is 880 g/mol. The van der Waals surface area contributed by atoms with Gasteiger partial charge in [-0.05, 0) is 77.0 Å². The van der Waals surface area contributed by atoms with Crippen LogP contribution in [-0.4, -0.2) is 82.3 Å².